The number of hydrogen-bond acceptors (Lipinski definition) is 6. The third-order valence-corrected chi connectivity index (χ3v) is 7.11. The summed E-state index contributed by atoms with van der Waals surface area (Å²) in [4.78, 5) is 11.3. The van der Waals surface area contributed by atoms with Crippen LogP contribution in [0.15, 0.2) is 84.1 Å². The Hall–Kier alpha value is -3.03. The van der Waals surface area contributed by atoms with Crippen molar-refractivity contribution in [1.82, 2.24) is 5.32 Å². The number of nitrogens with one attached hydrogen (secondary N) is 1. The molecular weight excluding hydrogens is 463 g/mol. The predicted molar refractivity (Wildman–Crippen MR) is 119 cm³/mol. The summed E-state index contributed by atoms with van der Waals surface area (Å²) < 4.78 is 29.7. The molecule has 2 atom stereocenters. The summed E-state index contributed by atoms with van der Waals surface area (Å²) in [5.74, 6) is 0.536. The Labute approximate surface area is 183 Å². The van der Waals surface area contributed by atoms with E-state index in [1.54, 1.807) is 37.5 Å². The fourth-order valence-electron chi connectivity index (χ4n) is 2.75. The number of carbonyl (C=O) groups is 1. The van der Waals surface area contributed by atoms with Crippen LogP contribution in [0.5, 0.6) is 5.75 Å². The van der Waals surface area contributed by atoms with Gasteiger partial charge in [0.05, 0.1) is 7.11 Å². The summed E-state index contributed by atoms with van der Waals surface area (Å²) in [6.45, 7) is 1.35. The quantitative estimate of drug-likeness (QED) is 0.220. The van der Waals surface area contributed by atoms with Crippen LogP contribution in [0.25, 0.3) is 6.08 Å². The van der Waals surface area contributed by atoms with Gasteiger partial charge in [0.25, 0.3) is 0 Å². The zero-order valence-electron chi connectivity index (χ0n) is 17.1. The Morgan fingerprint density at radius 1 is 1.16 bits per heavy atom. The van der Waals surface area contributed by atoms with E-state index >= 15 is 0 Å². The van der Waals surface area contributed by atoms with E-state index in [2.05, 4.69) is 9.19 Å². The molecule has 0 spiro atoms. The van der Waals surface area contributed by atoms with Gasteiger partial charge < -0.3 is 10.5 Å². The monoisotopic (exact) mass is 488 g/mol. The normalized spacial score (nSPS) is 18.3. The van der Waals surface area contributed by atoms with Crippen molar-refractivity contribution in [1.29, 1.82) is 0 Å². The average molecular weight is 488 g/mol. The Balaban J connectivity index is 0.000000316. The summed E-state index contributed by atoms with van der Waals surface area (Å²) >= 11 is -5.00. The molecule has 1 aliphatic carbocycles. The SMILES string of the molecule is CC(=O)NC1=CC=CC([As](=O)(O)OO)C1=Cc1ccccc1.COc1ccc(N)cc1. The molecule has 9 heteroatoms. The Kier molecular flexibility index (Phi) is 8.90. The van der Waals surface area contributed by atoms with E-state index in [9.17, 15) is 12.6 Å². The number of carbonyl (C=O) groups excluding carboxylic acids is 1. The molecule has 8 nitrogen and oxygen atoms in total. The maximum Gasteiger partial charge on any atom is 0.119 e. The van der Waals surface area contributed by atoms with Crippen LogP contribution in [0, 0.1) is 0 Å². The first kappa shape index (κ1) is 24.2. The second-order valence-electron chi connectivity index (χ2n) is 6.52. The number of amides is 1. The molecule has 2 aromatic carbocycles. The largest absolute Gasteiger partial charge is 0.497 e. The van der Waals surface area contributed by atoms with Crippen LogP contribution < -0.4 is 15.8 Å². The second kappa shape index (κ2) is 11.4. The van der Waals surface area contributed by atoms with Crippen molar-refractivity contribution in [3.8, 4) is 5.75 Å². The molecule has 0 saturated carbocycles. The van der Waals surface area contributed by atoms with Crippen LogP contribution in [0.2, 0.25) is 4.71 Å². The average Bonchev–Trinajstić information content (AvgIpc) is 2.76. The van der Waals surface area contributed by atoms with Gasteiger partial charge in [0.1, 0.15) is 5.75 Å². The minimum Gasteiger partial charge on any atom is -0.497 e. The summed E-state index contributed by atoms with van der Waals surface area (Å²) in [6.07, 6.45) is 6.32. The molecule has 1 aliphatic rings. The number of nitrogen functional groups attached to an aromatic ring is 1. The standard InChI is InChI=1S/C15H16AsNO5.C7H9NO/c1-11(18)17-15-9-5-8-14(16(19,20)22-21)13(15)10-12-6-3-2-4-7-12;1-9-7-4-2-6(8)3-5-7/h2-10,14,21H,1H3,(H,17,18)(H,19,20);2-5H,8H2,1H3. The molecule has 0 aromatic heterocycles. The molecule has 2 unspecified atom stereocenters. The van der Waals surface area contributed by atoms with Crippen molar-refractivity contribution in [3.63, 3.8) is 0 Å². The molecule has 0 aliphatic heterocycles. The van der Waals surface area contributed by atoms with E-state index in [1.807, 2.05) is 42.5 Å². The maximum atomic E-state index is 12.1. The summed E-state index contributed by atoms with van der Waals surface area (Å²) in [7, 11) is 1.63. The molecule has 5 N–H and O–H groups in total. The minimum absolute atomic E-state index is 0.302. The minimum atomic E-state index is -5.00. The van der Waals surface area contributed by atoms with Crippen LogP contribution in [0.1, 0.15) is 12.5 Å². The fraction of sp³-hybridized carbons (Fsp3) is 0.136. The molecule has 2 aromatic rings. The van der Waals surface area contributed by atoms with Gasteiger partial charge in [0.15, 0.2) is 0 Å². The van der Waals surface area contributed by atoms with Gasteiger partial charge >= 0.3 is 130 Å². The third kappa shape index (κ3) is 7.31. The van der Waals surface area contributed by atoms with E-state index in [1.165, 1.54) is 13.0 Å². The van der Waals surface area contributed by atoms with Crippen LogP contribution >= 0.6 is 0 Å². The van der Waals surface area contributed by atoms with Gasteiger partial charge in [0, 0.05) is 5.69 Å². The Bertz CT molecular complexity index is 1020. The molecule has 164 valence electrons. The van der Waals surface area contributed by atoms with Crippen LogP contribution in [0.3, 0.4) is 0 Å². The van der Waals surface area contributed by atoms with Crippen molar-refractivity contribution in [2.24, 2.45) is 0 Å². The Morgan fingerprint density at radius 2 is 1.81 bits per heavy atom. The molecule has 1 amide bonds. The van der Waals surface area contributed by atoms with Crippen LogP contribution in [-0.4, -0.2) is 36.5 Å². The molecule has 0 saturated heterocycles. The van der Waals surface area contributed by atoms with Crippen LogP contribution in [-0.2, 0) is 12.4 Å². The van der Waals surface area contributed by atoms with Crippen LogP contribution in [0.4, 0.5) is 5.69 Å². The van der Waals surface area contributed by atoms with Crippen molar-refractivity contribution in [2.45, 2.75) is 11.6 Å². The van der Waals surface area contributed by atoms with Gasteiger partial charge in [-0.1, -0.05) is 0 Å². The number of ether oxygens (including phenoxy) is 1. The van der Waals surface area contributed by atoms with E-state index in [0.717, 1.165) is 17.0 Å². The first-order chi connectivity index (χ1) is 14.8. The van der Waals surface area contributed by atoms with Gasteiger partial charge in [0.2, 0.25) is 0 Å². The third-order valence-electron chi connectivity index (χ3n) is 4.20. The number of hydrogen-bond donors (Lipinski definition) is 4. The first-order valence-corrected chi connectivity index (χ1v) is 12.7. The molecule has 0 heterocycles. The molecule has 0 bridgehead atoms. The Morgan fingerprint density at radius 3 is 2.35 bits per heavy atom. The fourth-order valence-corrected chi connectivity index (χ4v) is 4.81. The first-order valence-electron chi connectivity index (χ1n) is 9.25. The summed E-state index contributed by atoms with van der Waals surface area (Å²) in [5.41, 5.74) is 7.78. The predicted octanol–water partition coefficient (Wildman–Crippen LogP) is 3.16. The zero-order chi connectivity index (χ0) is 22.9. The van der Waals surface area contributed by atoms with Gasteiger partial charge in [-0.15, -0.1) is 0 Å². The number of allylic oxidation sites excluding steroid dienone is 4. The number of rotatable bonds is 5. The van der Waals surface area contributed by atoms with E-state index in [0.29, 0.717) is 11.3 Å². The zero-order valence-corrected chi connectivity index (χ0v) is 19.0. The topological polar surface area (TPSA) is 131 Å². The molecule has 0 radical (unpaired) electrons. The number of nitrogens with two attached hydrogens (primary N) is 1. The van der Waals surface area contributed by atoms with Crippen molar-refractivity contribution < 1.29 is 26.5 Å². The van der Waals surface area contributed by atoms with Crippen molar-refractivity contribution in [3.05, 3.63) is 89.7 Å². The van der Waals surface area contributed by atoms with E-state index < -0.39 is 18.9 Å². The number of methoxy groups -OCH3 is 1. The molecule has 0 fully saturated rings. The number of anilines is 1. The summed E-state index contributed by atoms with van der Waals surface area (Å²) in [5, 5.41) is 11.4. The van der Waals surface area contributed by atoms with Crippen molar-refractivity contribution in [2.75, 3.05) is 12.8 Å². The van der Waals surface area contributed by atoms with Crippen molar-refractivity contribution >= 4 is 31.8 Å². The summed E-state index contributed by atoms with van der Waals surface area (Å²) in [6, 6.07) is 16.4. The molecule has 31 heavy (non-hydrogen) atoms. The van der Waals surface area contributed by atoms with Gasteiger partial charge in [-0.25, -0.2) is 0 Å². The van der Waals surface area contributed by atoms with E-state index in [-0.39, 0.29) is 5.91 Å². The molecule has 3 rings (SSSR count). The maximum absolute atomic E-state index is 12.1. The number of benzene rings is 2. The smallest absolute Gasteiger partial charge is 0.119 e. The van der Waals surface area contributed by atoms with E-state index in [4.69, 9.17) is 15.7 Å². The second-order valence-corrected chi connectivity index (χ2v) is 10.4. The van der Waals surface area contributed by atoms with Gasteiger partial charge in [-0.2, -0.15) is 0 Å². The van der Waals surface area contributed by atoms with Gasteiger partial charge in [-0.3, -0.25) is 0 Å². The van der Waals surface area contributed by atoms with Gasteiger partial charge in [-0.05, 0) is 24.3 Å². The molecular formula is C22H25AsN2O6.